The van der Waals surface area contributed by atoms with Crippen molar-refractivity contribution in [2.24, 2.45) is 0 Å². The highest BCUT2D eigenvalue weighted by molar-refractivity contribution is 5.80. The molecular weight excluding hydrogens is 375 g/mol. The van der Waals surface area contributed by atoms with Gasteiger partial charge in [-0.15, -0.1) is 0 Å². The third kappa shape index (κ3) is 4.23. The van der Waals surface area contributed by atoms with Gasteiger partial charge in [0, 0.05) is 6.54 Å². The number of ether oxygens (including phenoxy) is 1. The number of hydrogen-bond donors (Lipinski definition) is 0. The molecule has 0 amide bonds. The third-order valence-corrected chi connectivity index (χ3v) is 5.63. The van der Waals surface area contributed by atoms with Gasteiger partial charge in [-0.2, -0.15) is 0 Å². The second-order valence-electron chi connectivity index (χ2n) is 7.64. The van der Waals surface area contributed by atoms with Crippen LogP contribution in [-0.4, -0.2) is 16.2 Å². The molecule has 0 fully saturated rings. The topological polar surface area (TPSA) is 27.1 Å². The summed E-state index contributed by atoms with van der Waals surface area (Å²) in [5, 5.41) is 0. The van der Waals surface area contributed by atoms with E-state index < -0.39 is 0 Å². The first-order chi connectivity index (χ1) is 14.7. The van der Waals surface area contributed by atoms with E-state index in [-0.39, 0.29) is 5.82 Å². The maximum absolute atomic E-state index is 14.4. The van der Waals surface area contributed by atoms with E-state index in [1.807, 2.05) is 42.5 Å². The predicted molar refractivity (Wildman–Crippen MR) is 120 cm³/mol. The molecule has 4 aromatic rings. The van der Waals surface area contributed by atoms with Crippen molar-refractivity contribution >= 4 is 11.0 Å². The van der Waals surface area contributed by atoms with Crippen molar-refractivity contribution in [1.82, 2.24) is 9.55 Å². The van der Waals surface area contributed by atoms with E-state index in [2.05, 4.69) is 30.5 Å². The molecule has 1 aromatic heterocycles. The fraction of sp³-hybridized carbons (Fsp3) is 0.269. The number of benzene rings is 3. The van der Waals surface area contributed by atoms with Crippen LogP contribution in [0.4, 0.5) is 4.39 Å². The molecule has 0 aliphatic heterocycles. The second kappa shape index (κ2) is 9.12. The molecule has 0 aliphatic rings. The highest BCUT2D eigenvalue weighted by atomic mass is 19.1. The van der Waals surface area contributed by atoms with Crippen LogP contribution in [0.3, 0.4) is 0 Å². The Labute approximate surface area is 177 Å². The molecule has 154 valence electrons. The smallest absolute Gasteiger partial charge is 0.144 e. The van der Waals surface area contributed by atoms with E-state index in [0.717, 1.165) is 29.6 Å². The fourth-order valence-corrected chi connectivity index (χ4v) is 3.69. The number of para-hydroxylation sites is 2. The number of halogens is 1. The van der Waals surface area contributed by atoms with E-state index in [0.29, 0.717) is 30.5 Å². The SMILES string of the molecule is CCC(C)c1ccc(OCCCn2c(-c3ccccc3F)nc3ccccc32)cc1. The monoisotopic (exact) mass is 402 g/mol. The average Bonchev–Trinajstić information content (AvgIpc) is 3.15. The van der Waals surface area contributed by atoms with Gasteiger partial charge in [0.25, 0.3) is 0 Å². The van der Waals surface area contributed by atoms with Gasteiger partial charge in [0.15, 0.2) is 0 Å². The Morgan fingerprint density at radius 1 is 0.967 bits per heavy atom. The van der Waals surface area contributed by atoms with E-state index in [9.17, 15) is 4.39 Å². The van der Waals surface area contributed by atoms with Crippen molar-refractivity contribution < 1.29 is 9.13 Å². The van der Waals surface area contributed by atoms with Crippen molar-refractivity contribution in [3.05, 3.63) is 84.2 Å². The van der Waals surface area contributed by atoms with E-state index >= 15 is 0 Å². The quantitative estimate of drug-likeness (QED) is 0.302. The van der Waals surface area contributed by atoms with Crippen LogP contribution in [0.15, 0.2) is 72.8 Å². The molecular formula is C26H27FN2O. The van der Waals surface area contributed by atoms with E-state index in [1.54, 1.807) is 12.1 Å². The summed E-state index contributed by atoms with van der Waals surface area (Å²) in [6, 6.07) is 23.1. The summed E-state index contributed by atoms with van der Waals surface area (Å²) >= 11 is 0. The van der Waals surface area contributed by atoms with Crippen LogP contribution in [0, 0.1) is 5.82 Å². The summed E-state index contributed by atoms with van der Waals surface area (Å²) in [5.74, 6) is 1.84. The number of aromatic nitrogens is 2. The van der Waals surface area contributed by atoms with E-state index in [1.165, 1.54) is 11.6 Å². The molecule has 0 saturated heterocycles. The van der Waals surface area contributed by atoms with Crippen LogP contribution >= 0.6 is 0 Å². The zero-order chi connectivity index (χ0) is 20.9. The standard InChI is InChI=1S/C26H27FN2O/c1-3-19(2)20-13-15-21(16-14-20)30-18-8-17-29-25-12-7-6-11-24(25)28-26(29)22-9-4-5-10-23(22)27/h4-7,9-16,19H,3,8,17-18H2,1-2H3. The minimum Gasteiger partial charge on any atom is -0.494 e. The molecule has 4 heteroatoms. The van der Waals surface area contributed by atoms with Gasteiger partial charge in [-0.05, 0) is 60.7 Å². The van der Waals surface area contributed by atoms with Gasteiger partial charge in [0.1, 0.15) is 17.4 Å². The van der Waals surface area contributed by atoms with Crippen LogP contribution in [0.25, 0.3) is 22.4 Å². The Balaban J connectivity index is 1.48. The average molecular weight is 403 g/mol. The van der Waals surface area contributed by atoms with Crippen LogP contribution in [-0.2, 0) is 6.54 Å². The molecule has 1 atom stereocenters. The number of fused-ring (bicyclic) bond motifs is 1. The Hall–Kier alpha value is -3.14. The zero-order valence-corrected chi connectivity index (χ0v) is 17.5. The number of imidazole rings is 1. The molecule has 0 bridgehead atoms. The van der Waals surface area contributed by atoms with Crippen LogP contribution < -0.4 is 4.74 Å². The minimum atomic E-state index is -0.258. The first kappa shape index (κ1) is 20.1. The minimum absolute atomic E-state index is 0.258. The molecule has 1 unspecified atom stereocenters. The van der Waals surface area contributed by atoms with Gasteiger partial charge in [0.05, 0.1) is 23.2 Å². The molecule has 4 rings (SSSR count). The normalized spacial score (nSPS) is 12.2. The summed E-state index contributed by atoms with van der Waals surface area (Å²) < 4.78 is 22.5. The van der Waals surface area contributed by atoms with Gasteiger partial charge < -0.3 is 9.30 Å². The molecule has 0 radical (unpaired) electrons. The molecule has 3 aromatic carbocycles. The van der Waals surface area contributed by atoms with Gasteiger partial charge in [-0.1, -0.05) is 50.2 Å². The Bertz CT molecular complexity index is 1120. The molecule has 0 saturated carbocycles. The Morgan fingerprint density at radius 2 is 1.70 bits per heavy atom. The summed E-state index contributed by atoms with van der Waals surface area (Å²) in [6.45, 7) is 5.73. The zero-order valence-electron chi connectivity index (χ0n) is 17.5. The van der Waals surface area contributed by atoms with Crippen LogP contribution in [0.1, 0.15) is 38.2 Å². The molecule has 0 aliphatic carbocycles. The van der Waals surface area contributed by atoms with Crippen molar-refractivity contribution in [2.75, 3.05) is 6.61 Å². The van der Waals surface area contributed by atoms with Crippen molar-refractivity contribution in [3.63, 3.8) is 0 Å². The maximum Gasteiger partial charge on any atom is 0.144 e. The number of nitrogens with zero attached hydrogens (tertiary/aromatic N) is 2. The highest BCUT2D eigenvalue weighted by Gasteiger charge is 2.15. The number of hydrogen-bond acceptors (Lipinski definition) is 2. The highest BCUT2D eigenvalue weighted by Crippen LogP contribution is 2.27. The molecule has 0 N–H and O–H groups in total. The summed E-state index contributed by atoms with van der Waals surface area (Å²) in [5.41, 5.74) is 3.74. The van der Waals surface area contributed by atoms with E-state index in [4.69, 9.17) is 9.72 Å². The maximum atomic E-state index is 14.4. The lowest BCUT2D eigenvalue weighted by Gasteiger charge is -2.12. The van der Waals surface area contributed by atoms with Gasteiger partial charge >= 0.3 is 0 Å². The van der Waals surface area contributed by atoms with Crippen LogP contribution in [0.2, 0.25) is 0 Å². The first-order valence-electron chi connectivity index (χ1n) is 10.6. The molecule has 30 heavy (non-hydrogen) atoms. The predicted octanol–water partition coefficient (Wildman–Crippen LogP) is 6.83. The lowest BCUT2D eigenvalue weighted by Crippen LogP contribution is -2.06. The lowest BCUT2D eigenvalue weighted by molar-refractivity contribution is 0.302. The van der Waals surface area contributed by atoms with Crippen molar-refractivity contribution in [3.8, 4) is 17.1 Å². The van der Waals surface area contributed by atoms with Crippen molar-refractivity contribution in [1.29, 1.82) is 0 Å². The van der Waals surface area contributed by atoms with Crippen molar-refractivity contribution in [2.45, 2.75) is 39.2 Å². The summed E-state index contributed by atoms with van der Waals surface area (Å²) in [4.78, 5) is 4.70. The Morgan fingerprint density at radius 3 is 2.47 bits per heavy atom. The van der Waals surface area contributed by atoms with Crippen LogP contribution in [0.5, 0.6) is 5.75 Å². The molecule has 0 spiro atoms. The Kier molecular flexibility index (Phi) is 6.12. The fourth-order valence-electron chi connectivity index (χ4n) is 3.69. The molecule has 3 nitrogen and oxygen atoms in total. The largest absolute Gasteiger partial charge is 0.494 e. The van der Waals surface area contributed by atoms with Gasteiger partial charge in [-0.25, -0.2) is 9.37 Å². The summed E-state index contributed by atoms with van der Waals surface area (Å²) in [7, 11) is 0. The number of rotatable bonds is 8. The van der Waals surface area contributed by atoms with Gasteiger partial charge in [-0.3, -0.25) is 0 Å². The third-order valence-electron chi connectivity index (χ3n) is 5.63. The first-order valence-corrected chi connectivity index (χ1v) is 10.6. The lowest BCUT2D eigenvalue weighted by atomic mass is 9.99. The molecule has 1 heterocycles. The number of aryl methyl sites for hydroxylation is 1. The second-order valence-corrected chi connectivity index (χ2v) is 7.64. The van der Waals surface area contributed by atoms with Gasteiger partial charge in [0.2, 0.25) is 0 Å². The summed E-state index contributed by atoms with van der Waals surface area (Å²) in [6.07, 6.45) is 1.93.